The molecule has 1 aromatic rings. The number of benzene rings is 1. The summed E-state index contributed by atoms with van der Waals surface area (Å²) in [4.78, 5) is 38.5. The maximum atomic E-state index is 12.9. The highest BCUT2D eigenvalue weighted by Gasteiger charge is 2.72. The fourth-order valence-corrected chi connectivity index (χ4v) is 6.25. The second kappa shape index (κ2) is 7.94. The van der Waals surface area contributed by atoms with Gasteiger partial charge in [-0.1, -0.05) is 6.07 Å². The lowest BCUT2D eigenvalue weighted by molar-refractivity contribution is -0.171. The van der Waals surface area contributed by atoms with Crippen molar-refractivity contribution >= 4 is 17.8 Å². The van der Waals surface area contributed by atoms with Gasteiger partial charge < -0.3 is 39.7 Å². The largest absolute Gasteiger partial charge is 0.493 e. The highest BCUT2D eigenvalue weighted by atomic mass is 16.6. The van der Waals surface area contributed by atoms with Gasteiger partial charge in [0.25, 0.3) is 0 Å². The number of likely N-dealkylation sites (tertiary alicyclic amines) is 1. The third kappa shape index (κ3) is 3.11. The average Bonchev–Trinajstić information content (AvgIpc) is 3.16. The molecule has 0 saturated carbocycles. The highest BCUT2D eigenvalue weighted by molar-refractivity contribution is 6.02. The van der Waals surface area contributed by atoms with Gasteiger partial charge in [-0.25, -0.2) is 9.59 Å². The molecule has 2 bridgehead atoms. The predicted molar refractivity (Wildman–Crippen MR) is 119 cm³/mol. The molecule has 1 fully saturated rings. The number of likely N-dealkylation sites (N-methyl/N-ethyl adjacent to an activating group) is 1. The molecular formula is C24H28N2O9. The standard InChI is InChI=1S/C24H28N2O9/c1-11(27)20(28)25-17(21(29)30)22(31)34-14-6-7-24(32)15-10-12-4-5-13(33-3)18-16(12)23(24,19(14)35-18)8-9-26(15)2/h4-6,11,15,17,19,27,32H,7-10H2,1-3H3,(H,25,28)(H,29,30)/t11-,15-,17+,19+,23+,24-/m0/s1. The minimum Gasteiger partial charge on any atom is -0.493 e. The van der Waals surface area contributed by atoms with Crippen molar-refractivity contribution in [3.8, 4) is 11.5 Å². The molecule has 11 heteroatoms. The number of ether oxygens (including phenoxy) is 3. The topological polar surface area (TPSA) is 155 Å². The monoisotopic (exact) mass is 488 g/mol. The molecule has 1 saturated heterocycles. The number of aliphatic carboxylic acids is 1. The Morgan fingerprint density at radius 1 is 1.31 bits per heavy atom. The summed E-state index contributed by atoms with van der Waals surface area (Å²) in [6.45, 7) is 1.82. The number of aliphatic hydroxyl groups is 2. The van der Waals surface area contributed by atoms with Crippen LogP contribution in [0.2, 0.25) is 0 Å². The number of nitrogens with one attached hydrogen (secondary N) is 1. The molecule has 2 aliphatic carbocycles. The number of piperidine rings is 1. The number of carbonyl (C=O) groups excluding carboxylic acids is 2. The first kappa shape index (κ1) is 23.6. The first-order valence-electron chi connectivity index (χ1n) is 11.5. The summed E-state index contributed by atoms with van der Waals surface area (Å²) in [6.07, 6.45) is 0.458. The van der Waals surface area contributed by atoms with E-state index in [1.165, 1.54) is 7.11 Å². The molecule has 0 radical (unpaired) electrons. The molecule has 2 heterocycles. The number of aliphatic hydroxyl groups excluding tert-OH is 1. The summed E-state index contributed by atoms with van der Waals surface area (Å²) in [5.41, 5.74) is -0.275. The van der Waals surface area contributed by atoms with Gasteiger partial charge in [0.2, 0.25) is 11.9 Å². The van der Waals surface area contributed by atoms with Crippen molar-refractivity contribution in [3.05, 3.63) is 35.1 Å². The second-order valence-corrected chi connectivity index (χ2v) is 9.66. The van der Waals surface area contributed by atoms with Crippen LogP contribution in [0.25, 0.3) is 0 Å². The molecular weight excluding hydrogens is 460 g/mol. The number of rotatable bonds is 6. The Morgan fingerprint density at radius 2 is 2.06 bits per heavy atom. The molecule has 1 amide bonds. The summed E-state index contributed by atoms with van der Waals surface area (Å²) in [5, 5.41) is 33.0. The number of methoxy groups -OCH3 is 1. The average molecular weight is 488 g/mol. The van der Waals surface area contributed by atoms with Gasteiger partial charge >= 0.3 is 11.9 Å². The minimum atomic E-state index is -2.03. The quantitative estimate of drug-likeness (QED) is 0.303. The van der Waals surface area contributed by atoms with E-state index < -0.39 is 47.1 Å². The Labute approximate surface area is 201 Å². The van der Waals surface area contributed by atoms with E-state index in [4.69, 9.17) is 14.2 Å². The summed E-state index contributed by atoms with van der Waals surface area (Å²) in [5.74, 6) is -2.84. The van der Waals surface area contributed by atoms with Crippen LogP contribution in [0.15, 0.2) is 24.0 Å². The van der Waals surface area contributed by atoms with Crippen LogP contribution in [0.3, 0.4) is 0 Å². The minimum absolute atomic E-state index is 0.0756. The molecule has 11 nitrogen and oxygen atoms in total. The fraction of sp³-hybridized carbons (Fsp3) is 0.542. The van der Waals surface area contributed by atoms with Gasteiger partial charge in [-0.3, -0.25) is 4.79 Å². The second-order valence-electron chi connectivity index (χ2n) is 9.66. The molecule has 2 aliphatic heterocycles. The van der Waals surface area contributed by atoms with E-state index in [0.29, 0.717) is 30.9 Å². The van der Waals surface area contributed by atoms with E-state index >= 15 is 0 Å². The van der Waals surface area contributed by atoms with Gasteiger partial charge in [0.1, 0.15) is 11.9 Å². The Kier molecular flexibility index (Phi) is 5.35. The van der Waals surface area contributed by atoms with Gasteiger partial charge in [-0.15, -0.1) is 0 Å². The zero-order chi connectivity index (χ0) is 25.3. The van der Waals surface area contributed by atoms with E-state index in [2.05, 4.69) is 4.90 Å². The van der Waals surface area contributed by atoms with Crippen molar-refractivity contribution in [3.63, 3.8) is 0 Å². The summed E-state index contributed by atoms with van der Waals surface area (Å²) < 4.78 is 17.4. The highest BCUT2D eigenvalue weighted by Crippen LogP contribution is 2.65. The van der Waals surface area contributed by atoms with E-state index in [1.54, 1.807) is 6.08 Å². The number of esters is 1. The van der Waals surface area contributed by atoms with E-state index in [0.717, 1.165) is 18.1 Å². The van der Waals surface area contributed by atoms with Crippen LogP contribution in [0, 0.1) is 0 Å². The summed E-state index contributed by atoms with van der Waals surface area (Å²) >= 11 is 0. The van der Waals surface area contributed by atoms with E-state index in [-0.39, 0.29) is 18.2 Å². The lowest BCUT2D eigenvalue weighted by atomic mass is 9.50. The van der Waals surface area contributed by atoms with Crippen molar-refractivity contribution in [2.75, 3.05) is 20.7 Å². The van der Waals surface area contributed by atoms with Gasteiger partial charge in [-0.05, 0) is 51.1 Å². The first-order chi connectivity index (χ1) is 16.5. The lowest BCUT2D eigenvalue weighted by Gasteiger charge is -2.61. The van der Waals surface area contributed by atoms with Crippen molar-refractivity contribution in [1.82, 2.24) is 10.2 Å². The van der Waals surface area contributed by atoms with Crippen molar-refractivity contribution < 1.29 is 43.9 Å². The molecule has 5 rings (SSSR count). The third-order valence-electron chi connectivity index (χ3n) is 7.93. The number of amides is 1. The van der Waals surface area contributed by atoms with Crippen molar-refractivity contribution in [1.29, 1.82) is 0 Å². The number of carboxylic acid groups (broad SMARTS) is 1. The van der Waals surface area contributed by atoms with Gasteiger partial charge in [0, 0.05) is 18.0 Å². The molecule has 4 aliphatic rings. The zero-order valence-corrected chi connectivity index (χ0v) is 19.6. The van der Waals surface area contributed by atoms with Crippen LogP contribution in [0.5, 0.6) is 11.5 Å². The molecule has 0 unspecified atom stereocenters. The Bertz CT molecular complexity index is 1150. The molecule has 188 valence electrons. The Morgan fingerprint density at radius 3 is 2.71 bits per heavy atom. The maximum absolute atomic E-state index is 12.9. The maximum Gasteiger partial charge on any atom is 0.345 e. The SMILES string of the molecule is COc1ccc2c3c1O[C@@H]1C(OC(=O)[C@H](NC(=O)[C@H](C)O)C(=O)O)=CC[C@]4(O)[C@H](C2)N(C)CC[C@@]314. The van der Waals surface area contributed by atoms with Crippen molar-refractivity contribution in [2.24, 2.45) is 0 Å². The summed E-state index contributed by atoms with van der Waals surface area (Å²) in [6, 6.07) is 1.55. The first-order valence-corrected chi connectivity index (χ1v) is 11.5. The lowest BCUT2D eigenvalue weighted by Crippen LogP contribution is -2.74. The smallest absolute Gasteiger partial charge is 0.345 e. The fourth-order valence-electron chi connectivity index (χ4n) is 6.25. The number of hydrogen-bond acceptors (Lipinski definition) is 9. The van der Waals surface area contributed by atoms with Crippen molar-refractivity contribution in [2.45, 2.75) is 61.5 Å². The zero-order valence-electron chi connectivity index (χ0n) is 19.6. The number of hydrogen-bond donors (Lipinski definition) is 4. The molecule has 4 N–H and O–H groups in total. The van der Waals surface area contributed by atoms with E-state index in [1.807, 2.05) is 24.5 Å². The summed E-state index contributed by atoms with van der Waals surface area (Å²) in [7, 11) is 3.49. The molecule has 35 heavy (non-hydrogen) atoms. The van der Waals surface area contributed by atoms with Crippen LogP contribution in [-0.2, 0) is 31.0 Å². The molecule has 1 aromatic carbocycles. The van der Waals surface area contributed by atoms with E-state index in [9.17, 15) is 29.7 Å². The van der Waals surface area contributed by atoms with Crippen LogP contribution >= 0.6 is 0 Å². The van der Waals surface area contributed by atoms with Crippen LogP contribution in [-0.4, -0.2) is 88.7 Å². The molecule has 6 atom stereocenters. The third-order valence-corrected chi connectivity index (χ3v) is 7.93. The number of carbonyl (C=O) groups is 3. The normalized spacial score (nSPS) is 31.9. The molecule has 1 spiro atoms. The Balaban J connectivity index is 1.55. The van der Waals surface area contributed by atoms with Gasteiger partial charge in [0.05, 0.1) is 18.1 Å². The van der Waals surface area contributed by atoms with Crippen LogP contribution in [0.4, 0.5) is 0 Å². The van der Waals surface area contributed by atoms with Gasteiger partial charge in [-0.2, -0.15) is 0 Å². The Hall–Kier alpha value is -3.15. The van der Waals surface area contributed by atoms with Crippen LogP contribution < -0.4 is 14.8 Å². The molecule has 0 aromatic heterocycles. The predicted octanol–water partition coefficient (Wildman–Crippen LogP) is -0.534. The van der Waals surface area contributed by atoms with Crippen LogP contribution in [0.1, 0.15) is 30.9 Å². The number of nitrogens with zero attached hydrogens (tertiary/aromatic N) is 1. The number of carboxylic acids is 1. The van der Waals surface area contributed by atoms with Gasteiger partial charge in [0.15, 0.2) is 17.6 Å².